The van der Waals surface area contributed by atoms with Crippen LogP contribution in [0.15, 0.2) is 65.6 Å². The van der Waals surface area contributed by atoms with Crippen LogP contribution in [-0.4, -0.2) is 39.6 Å². The van der Waals surface area contributed by atoms with E-state index >= 15 is 0 Å². The van der Waals surface area contributed by atoms with E-state index in [0.717, 1.165) is 19.5 Å². The SMILES string of the molecule is CN1CC[C@@H](Oc2cc(NS(=O)(=O)c3ccc(Oc4cccc(Cl)c4C#N)cc3)ccc2Cl)C1. The van der Waals surface area contributed by atoms with E-state index in [1.807, 2.05) is 13.1 Å². The first-order valence-corrected chi connectivity index (χ1v) is 12.6. The van der Waals surface area contributed by atoms with Crippen molar-refractivity contribution >= 4 is 38.9 Å². The molecule has 7 nitrogen and oxygen atoms in total. The van der Waals surface area contributed by atoms with Crippen LogP contribution in [0.4, 0.5) is 5.69 Å². The molecule has 3 aromatic rings. The molecule has 1 heterocycles. The zero-order chi connectivity index (χ0) is 24.3. The first kappa shape index (κ1) is 24.2. The Morgan fingerprint density at radius 3 is 2.50 bits per heavy atom. The molecule has 1 aliphatic rings. The molecule has 1 atom stereocenters. The van der Waals surface area contributed by atoms with Gasteiger partial charge in [-0.25, -0.2) is 8.42 Å². The summed E-state index contributed by atoms with van der Waals surface area (Å²) in [5, 5.41) is 9.96. The van der Waals surface area contributed by atoms with Gasteiger partial charge in [0.2, 0.25) is 0 Å². The fraction of sp³-hybridized carbons (Fsp3) is 0.208. The minimum absolute atomic E-state index is 0.00273. The number of likely N-dealkylation sites (tertiary alicyclic amines) is 1. The molecule has 1 aliphatic heterocycles. The zero-order valence-electron chi connectivity index (χ0n) is 18.2. The predicted octanol–water partition coefficient (Wildman–Crippen LogP) is 5.54. The van der Waals surface area contributed by atoms with Gasteiger partial charge in [-0.3, -0.25) is 4.72 Å². The van der Waals surface area contributed by atoms with Crippen molar-refractivity contribution in [2.45, 2.75) is 17.4 Å². The molecule has 0 amide bonds. The maximum absolute atomic E-state index is 12.9. The maximum atomic E-state index is 12.9. The smallest absolute Gasteiger partial charge is 0.261 e. The van der Waals surface area contributed by atoms with Gasteiger partial charge in [0.15, 0.2) is 0 Å². The summed E-state index contributed by atoms with van der Waals surface area (Å²) < 4.78 is 40.1. The van der Waals surface area contributed by atoms with Gasteiger partial charge < -0.3 is 14.4 Å². The standard InChI is InChI=1S/C24H21Cl2N3O4S/c1-29-12-11-18(15-29)33-24-13-16(5-10-22(24)26)28-34(30,31)19-8-6-17(7-9-19)32-23-4-2-3-21(25)20(23)14-27/h2-10,13,18,28H,11-12,15H2,1H3/t18-/m1/s1. The highest BCUT2D eigenvalue weighted by atomic mass is 35.5. The highest BCUT2D eigenvalue weighted by molar-refractivity contribution is 7.92. The van der Waals surface area contributed by atoms with Crippen molar-refractivity contribution in [3.63, 3.8) is 0 Å². The second-order valence-electron chi connectivity index (χ2n) is 7.84. The molecule has 1 saturated heterocycles. The number of anilines is 1. The van der Waals surface area contributed by atoms with Crippen molar-refractivity contribution in [3.05, 3.63) is 76.3 Å². The molecule has 3 aromatic carbocycles. The Kier molecular flexibility index (Phi) is 7.19. The molecule has 0 aromatic heterocycles. The molecule has 34 heavy (non-hydrogen) atoms. The first-order valence-electron chi connectivity index (χ1n) is 10.4. The Morgan fingerprint density at radius 1 is 1.06 bits per heavy atom. The maximum Gasteiger partial charge on any atom is 0.261 e. The van der Waals surface area contributed by atoms with Crippen molar-refractivity contribution in [1.82, 2.24) is 4.90 Å². The van der Waals surface area contributed by atoms with E-state index in [1.54, 1.807) is 36.4 Å². The molecule has 10 heteroatoms. The van der Waals surface area contributed by atoms with Crippen molar-refractivity contribution in [3.8, 4) is 23.3 Å². The number of nitrogens with zero attached hydrogens (tertiary/aromatic N) is 2. The summed E-state index contributed by atoms with van der Waals surface area (Å²) >= 11 is 12.3. The van der Waals surface area contributed by atoms with Crippen LogP contribution < -0.4 is 14.2 Å². The minimum atomic E-state index is -3.87. The van der Waals surface area contributed by atoms with E-state index in [2.05, 4.69) is 9.62 Å². The molecule has 0 radical (unpaired) electrons. The summed E-state index contributed by atoms with van der Waals surface area (Å²) in [6.45, 7) is 1.72. The molecule has 0 spiro atoms. The van der Waals surface area contributed by atoms with Crippen molar-refractivity contribution in [1.29, 1.82) is 5.26 Å². The first-order chi connectivity index (χ1) is 16.2. The number of nitrogens with one attached hydrogen (secondary N) is 1. The summed E-state index contributed by atoms with van der Waals surface area (Å²) in [6, 6.07) is 17.5. The van der Waals surface area contributed by atoms with Gasteiger partial charge in [0, 0.05) is 19.2 Å². The van der Waals surface area contributed by atoms with Crippen molar-refractivity contribution in [2.24, 2.45) is 0 Å². The number of hydrogen-bond acceptors (Lipinski definition) is 6. The van der Waals surface area contributed by atoms with Gasteiger partial charge in [-0.2, -0.15) is 5.26 Å². The van der Waals surface area contributed by atoms with Crippen LogP contribution in [0.1, 0.15) is 12.0 Å². The third-order valence-electron chi connectivity index (χ3n) is 5.27. The second kappa shape index (κ2) is 10.1. The lowest BCUT2D eigenvalue weighted by Crippen LogP contribution is -2.21. The molecule has 1 N–H and O–H groups in total. The lowest BCUT2D eigenvalue weighted by molar-refractivity contribution is 0.208. The highest BCUT2D eigenvalue weighted by Gasteiger charge is 2.22. The molecule has 0 unspecified atom stereocenters. The third-order valence-corrected chi connectivity index (χ3v) is 7.30. The van der Waals surface area contributed by atoms with Gasteiger partial charge >= 0.3 is 0 Å². The van der Waals surface area contributed by atoms with E-state index in [0.29, 0.717) is 22.2 Å². The van der Waals surface area contributed by atoms with Gasteiger partial charge in [-0.1, -0.05) is 29.3 Å². The molecule has 0 bridgehead atoms. The Labute approximate surface area is 208 Å². The topological polar surface area (TPSA) is 91.7 Å². The molecule has 0 aliphatic carbocycles. The monoisotopic (exact) mass is 517 g/mol. The van der Waals surface area contributed by atoms with E-state index < -0.39 is 10.0 Å². The fourth-order valence-corrected chi connectivity index (χ4v) is 4.97. The zero-order valence-corrected chi connectivity index (χ0v) is 20.5. The quantitative estimate of drug-likeness (QED) is 0.442. The van der Waals surface area contributed by atoms with Gasteiger partial charge in [-0.15, -0.1) is 0 Å². The van der Waals surface area contributed by atoms with Gasteiger partial charge in [0.25, 0.3) is 10.0 Å². The number of likely N-dealkylation sites (N-methyl/N-ethyl adjacent to an activating group) is 1. The lowest BCUT2D eigenvalue weighted by atomic mass is 10.2. The summed E-state index contributed by atoms with van der Waals surface area (Å²) in [5.74, 6) is 1.08. The summed E-state index contributed by atoms with van der Waals surface area (Å²) in [4.78, 5) is 2.20. The van der Waals surface area contributed by atoms with Gasteiger partial charge in [0.05, 0.1) is 20.6 Å². The summed E-state index contributed by atoms with van der Waals surface area (Å²) in [5.41, 5.74) is 0.538. The normalized spacial score (nSPS) is 16.1. The van der Waals surface area contributed by atoms with E-state index in [1.165, 1.54) is 24.3 Å². The largest absolute Gasteiger partial charge is 0.487 e. The van der Waals surface area contributed by atoms with Crippen LogP contribution in [0, 0.1) is 11.3 Å². The minimum Gasteiger partial charge on any atom is -0.487 e. The number of hydrogen-bond donors (Lipinski definition) is 1. The van der Waals surface area contributed by atoms with Crippen LogP contribution in [-0.2, 0) is 10.0 Å². The van der Waals surface area contributed by atoms with Crippen molar-refractivity contribution < 1.29 is 17.9 Å². The molecular weight excluding hydrogens is 497 g/mol. The molecule has 1 fully saturated rings. The number of benzene rings is 3. The molecule has 176 valence electrons. The van der Waals surface area contributed by atoms with Crippen LogP contribution in [0.2, 0.25) is 10.0 Å². The highest BCUT2D eigenvalue weighted by Crippen LogP contribution is 2.32. The third kappa shape index (κ3) is 5.57. The second-order valence-corrected chi connectivity index (χ2v) is 10.3. The Balaban J connectivity index is 1.48. The van der Waals surface area contributed by atoms with E-state index in [4.69, 9.17) is 32.7 Å². The number of halogens is 2. The average molecular weight is 518 g/mol. The summed E-state index contributed by atoms with van der Waals surface area (Å²) in [7, 11) is -1.86. The fourth-order valence-electron chi connectivity index (χ4n) is 3.55. The number of sulfonamides is 1. The lowest BCUT2D eigenvalue weighted by Gasteiger charge is -2.16. The Hall–Kier alpha value is -2.96. The van der Waals surface area contributed by atoms with Crippen LogP contribution >= 0.6 is 23.2 Å². The van der Waals surface area contributed by atoms with Gasteiger partial charge in [-0.05, 0) is 62.0 Å². The number of ether oxygens (including phenoxy) is 2. The van der Waals surface area contributed by atoms with Gasteiger partial charge in [0.1, 0.15) is 35.0 Å². The van der Waals surface area contributed by atoms with Crippen LogP contribution in [0.5, 0.6) is 17.2 Å². The Morgan fingerprint density at radius 2 is 1.82 bits per heavy atom. The van der Waals surface area contributed by atoms with E-state index in [-0.39, 0.29) is 27.3 Å². The van der Waals surface area contributed by atoms with Crippen LogP contribution in [0.3, 0.4) is 0 Å². The van der Waals surface area contributed by atoms with Crippen molar-refractivity contribution in [2.75, 3.05) is 24.9 Å². The summed E-state index contributed by atoms with van der Waals surface area (Å²) in [6.07, 6.45) is 0.880. The average Bonchev–Trinajstić information content (AvgIpc) is 3.21. The number of nitriles is 1. The molecule has 0 saturated carbocycles. The molecule has 4 rings (SSSR count). The predicted molar refractivity (Wildman–Crippen MR) is 131 cm³/mol. The molecular formula is C24H21Cl2N3O4S. The Bertz CT molecular complexity index is 1340. The van der Waals surface area contributed by atoms with E-state index in [9.17, 15) is 13.7 Å². The number of rotatable bonds is 7. The van der Waals surface area contributed by atoms with Crippen LogP contribution in [0.25, 0.3) is 0 Å².